The van der Waals surface area contributed by atoms with Crippen molar-refractivity contribution in [3.63, 3.8) is 0 Å². The van der Waals surface area contributed by atoms with Gasteiger partial charge in [-0.25, -0.2) is 4.98 Å². The Morgan fingerprint density at radius 1 is 1.22 bits per heavy atom. The van der Waals surface area contributed by atoms with E-state index in [1.807, 2.05) is 6.33 Å². The molecule has 0 saturated heterocycles. The summed E-state index contributed by atoms with van der Waals surface area (Å²) < 4.78 is 3.37. The smallest absolute Gasteiger partial charge is 0.0997 e. The molecule has 0 aliphatic heterocycles. The fourth-order valence-electron chi connectivity index (χ4n) is 2.55. The molecule has 1 aromatic heterocycles. The Morgan fingerprint density at radius 2 is 2.06 bits per heavy atom. The summed E-state index contributed by atoms with van der Waals surface area (Å²) in [6.45, 7) is 0. The van der Waals surface area contributed by atoms with E-state index in [9.17, 15) is 0 Å². The molecule has 2 nitrogen and oxygen atoms in total. The fraction of sp³-hybridized carbons (Fsp3) is 0.357. The maximum absolute atomic E-state index is 4.57. The molecule has 0 atom stereocenters. The Bertz CT molecular complexity index is 575. The Labute approximate surface area is 124 Å². The van der Waals surface area contributed by atoms with Crippen molar-refractivity contribution in [2.75, 3.05) is 0 Å². The Kier molecular flexibility index (Phi) is 3.57. The SMILES string of the molecule is BrCc1ccc(Br)cc1-n1cnc2c1CCCC2. The molecule has 1 aromatic carbocycles. The molecule has 0 N–H and O–H groups in total. The van der Waals surface area contributed by atoms with Gasteiger partial charge in [-0.1, -0.05) is 37.9 Å². The van der Waals surface area contributed by atoms with Crippen LogP contribution >= 0.6 is 31.9 Å². The maximum atomic E-state index is 4.57. The minimum atomic E-state index is 0.864. The summed E-state index contributed by atoms with van der Waals surface area (Å²) in [5.41, 5.74) is 5.20. The van der Waals surface area contributed by atoms with Crippen LogP contribution in [0.2, 0.25) is 0 Å². The van der Waals surface area contributed by atoms with Crippen molar-refractivity contribution in [3.05, 3.63) is 46.0 Å². The Hall–Kier alpha value is -0.610. The standard InChI is InChI=1S/C14H14Br2N2/c15-8-10-5-6-11(16)7-14(10)18-9-17-12-3-1-2-4-13(12)18/h5-7,9H,1-4,8H2. The molecule has 0 amide bonds. The van der Waals surface area contributed by atoms with Crippen LogP contribution in [-0.4, -0.2) is 9.55 Å². The third kappa shape index (κ3) is 2.16. The second-order valence-electron chi connectivity index (χ2n) is 4.62. The van der Waals surface area contributed by atoms with Crippen molar-refractivity contribution in [1.29, 1.82) is 0 Å². The number of nitrogens with zero attached hydrogens (tertiary/aromatic N) is 2. The molecule has 2 aromatic rings. The minimum absolute atomic E-state index is 0.864. The number of aromatic nitrogens is 2. The molecule has 3 rings (SSSR count). The van der Waals surface area contributed by atoms with Crippen LogP contribution in [0.25, 0.3) is 5.69 Å². The molecule has 1 aliphatic rings. The van der Waals surface area contributed by atoms with Gasteiger partial charge in [0.05, 0.1) is 17.7 Å². The van der Waals surface area contributed by atoms with Crippen LogP contribution in [0.1, 0.15) is 29.8 Å². The van der Waals surface area contributed by atoms with E-state index >= 15 is 0 Å². The van der Waals surface area contributed by atoms with Gasteiger partial charge in [-0.15, -0.1) is 0 Å². The number of hydrogen-bond acceptors (Lipinski definition) is 1. The van der Waals surface area contributed by atoms with Crippen molar-refractivity contribution >= 4 is 31.9 Å². The van der Waals surface area contributed by atoms with E-state index in [-0.39, 0.29) is 0 Å². The van der Waals surface area contributed by atoms with E-state index in [0.717, 1.165) is 22.6 Å². The highest BCUT2D eigenvalue weighted by Gasteiger charge is 2.17. The zero-order valence-electron chi connectivity index (χ0n) is 10.00. The van der Waals surface area contributed by atoms with Crippen LogP contribution in [-0.2, 0) is 18.2 Å². The summed E-state index contributed by atoms with van der Waals surface area (Å²) in [5, 5.41) is 0.864. The summed E-state index contributed by atoms with van der Waals surface area (Å²) in [6.07, 6.45) is 6.79. The van der Waals surface area contributed by atoms with E-state index in [4.69, 9.17) is 0 Å². The van der Waals surface area contributed by atoms with Crippen LogP contribution in [0.4, 0.5) is 0 Å². The number of hydrogen-bond donors (Lipinski definition) is 0. The van der Waals surface area contributed by atoms with E-state index in [1.165, 1.54) is 35.5 Å². The fourth-order valence-corrected chi connectivity index (χ4v) is 3.37. The van der Waals surface area contributed by atoms with Gasteiger partial charge in [-0.2, -0.15) is 0 Å². The molecule has 1 heterocycles. The Morgan fingerprint density at radius 3 is 2.89 bits per heavy atom. The van der Waals surface area contributed by atoms with Gasteiger partial charge < -0.3 is 4.57 Å². The first-order valence-electron chi connectivity index (χ1n) is 6.19. The number of imidazole rings is 1. The molecule has 0 spiro atoms. The highest BCUT2D eigenvalue weighted by Crippen LogP contribution is 2.27. The zero-order chi connectivity index (χ0) is 12.5. The molecule has 1 aliphatic carbocycles. The number of halogens is 2. The topological polar surface area (TPSA) is 17.8 Å². The summed E-state index contributed by atoms with van der Waals surface area (Å²) in [6, 6.07) is 6.42. The van der Waals surface area contributed by atoms with Gasteiger partial charge in [0.2, 0.25) is 0 Å². The van der Waals surface area contributed by atoms with Crippen LogP contribution in [0.15, 0.2) is 29.0 Å². The summed E-state index contributed by atoms with van der Waals surface area (Å²) >= 11 is 7.12. The van der Waals surface area contributed by atoms with E-state index < -0.39 is 0 Å². The molecular formula is C14H14Br2N2. The third-order valence-electron chi connectivity index (χ3n) is 3.48. The predicted octanol–water partition coefficient (Wildman–Crippen LogP) is 4.41. The van der Waals surface area contributed by atoms with Crippen LogP contribution in [0.5, 0.6) is 0 Å². The molecule has 0 bridgehead atoms. The number of aryl methyl sites for hydroxylation is 1. The lowest BCUT2D eigenvalue weighted by Crippen LogP contribution is -2.08. The van der Waals surface area contributed by atoms with E-state index in [2.05, 4.69) is 59.6 Å². The van der Waals surface area contributed by atoms with Gasteiger partial charge in [0.25, 0.3) is 0 Å². The zero-order valence-corrected chi connectivity index (χ0v) is 13.2. The van der Waals surface area contributed by atoms with Crippen molar-refractivity contribution in [2.45, 2.75) is 31.0 Å². The summed E-state index contributed by atoms with van der Waals surface area (Å²) in [7, 11) is 0. The minimum Gasteiger partial charge on any atom is -0.303 e. The largest absolute Gasteiger partial charge is 0.303 e. The van der Waals surface area contributed by atoms with Gasteiger partial charge >= 0.3 is 0 Å². The first kappa shape index (κ1) is 12.4. The van der Waals surface area contributed by atoms with Crippen molar-refractivity contribution in [3.8, 4) is 5.69 Å². The molecule has 4 heteroatoms. The summed E-state index contributed by atoms with van der Waals surface area (Å²) in [5.74, 6) is 0. The van der Waals surface area contributed by atoms with Gasteiger partial charge in [0.15, 0.2) is 0 Å². The number of fused-ring (bicyclic) bond motifs is 1. The second-order valence-corrected chi connectivity index (χ2v) is 6.10. The van der Waals surface area contributed by atoms with Crippen molar-refractivity contribution in [1.82, 2.24) is 9.55 Å². The van der Waals surface area contributed by atoms with Crippen LogP contribution in [0.3, 0.4) is 0 Å². The molecule has 0 fully saturated rings. The predicted molar refractivity (Wildman–Crippen MR) is 80.5 cm³/mol. The lowest BCUT2D eigenvalue weighted by molar-refractivity contribution is 0.655. The van der Waals surface area contributed by atoms with Gasteiger partial charge in [-0.05, 0) is 43.4 Å². The van der Waals surface area contributed by atoms with Crippen molar-refractivity contribution in [2.24, 2.45) is 0 Å². The molecule has 94 valence electrons. The van der Waals surface area contributed by atoms with Crippen molar-refractivity contribution < 1.29 is 0 Å². The second kappa shape index (κ2) is 5.17. The molecular weight excluding hydrogens is 356 g/mol. The lowest BCUT2D eigenvalue weighted by atomic mass is 10.0. The molecule has 0 radical (unpaired) electrons. The number of benzene rings is 1. The monoisotopic (exact) mass is 368 g/mol. The first-order valence-corrected chi connectivity index (χ1v) is 8.11. The normalized spacial score (nSPS) is 14.6. The maximum Gasteiger partial charge on any atom is 0.0997 e. The summed E-state index contributed by atoms with van der Waals surface area (Å²) in [4.78, 5) is 4.57. The number of rotatable bonds is 2. The molecule has 0 unspecified atom stereocenters. The lowest BCUT2D eigenvalue weighted by Gasteiger charge is -2.16. The average molecular weight is 370 g/mol. The van der Waals surface area contributed by atoms with Gasteiger partial charge in [0, 0.05) is 15.5 Å². The van der Waals surface area contributed by atoms with Crippen LogP contribution < -0.4 is 0 Å². The van der Waals surface area contributed by atoms with E-state index in [0.29, 0.717) is 0 Å². The highest BCUT2D eigenvalue weighted by molar-refractivity contribution is 9.10. The highest BCUT2D eigenvalue weighted by atomic mass is 79.9. The third-order valence-corrected chi connectivity index (χ3v) is 4.58. The van der Waals surface area contributed by atoms with Crippen LogP contribution in [0, 0.1) is 0 Å². The Balaban J connectivity index is 2.14. The average Bonchev–Trinajstić information content (AvgIpc) is 2.82. The number of alkyl halides is 1. The first-order chi connectivity index (χ1) is 8.79. The quantitative estimate of drug-likeness (QED) is 0.717. The van der Waals surface area contributed by atoms with Gasteiger partial charge in [0.1, 0.15) is 0 Å². The molecule has 0 saturated carbocycles. The van der Waals surface area contributed by atoms with E-state index in [1.54, 1.807) is 0 Å². The molecule has 18 heavy (non-hydrogen) atoms. The van der Waals surface area contributed by atoms with Gasteiger partial charge in [-0.3, -0.25) is 0 Å².